The molecular formula is C8H10N4O. The molecule has 13 heavy (non-hydrogen) atoms. The van der Waals surface area contributed by atoms with Gasteiger partial charge in [0.1, 0.15) is 12.4 Å². The Kier molecular flexibility index (Phi) is 2.92. The molecular weight excluding hydrogens is 168 g/mol. The van der Waals surface area contributed by atoms with Gasteiger partial charge in [0.05, 0.1) is 6.54 Å². The Morgan fingerprint density at radius 2 is 2.62 bits per heavy atom. The van der Waals surface area contributed by atoms with Crippen molar-refractivity contribution in [1.29, 1.82) is 0 Å². The molecule has 1 heterocycles. The largest absolute Gasteiger partial charge is 0.368 e. The monoisotopic (exact) mass is 178 g/mol. The van der Waals surface area contributed by atoms with Crippen LogP contribution in [0, 0.1) is 12.3 Å². The highest BCUT2D eigenvalue weighted by atomic mass is 16.1. The molecule has 3 N–H and O–H groups in total. The van der Waals surface area contributed by atoms with Crippen molar-refractivity contribution in [3.63, 3.8) is 0 Å². The summed E-state index contributed by atoms with van der Waals surface area (Å²) < 4.78 is 1.45. The minimum absolute atomic E-state index is 0.0811. The van der Waals surface area contributed by atoms with Crippen LogP contribution in [-0.2, 0) is 11.3 Å². The molecule has 0 unspecified atom stereocenters. The number of primary amides is 1. The Morgan fingerprint density at radius 1 is 1.85 bits per heavy atom. The van der Waals surface area contributed by atoms with Crippen LogP contribution in [0.15, 0.2) is 12.3 Å². The fraction of sp³-hybridized carbons (Fsp3) is 0.250. The van der Waals surface area contributed by atoms with Crippen LogP contribution >= 0.6 is 0 Å². The first kappa shape index (κ1) is 9.13. The Balaban J connectivity index is 2.54. The summed E-state index contributed by atoms with van der Waals surface area (Å²) in [6.45, 7) is 0.491. The predicted octanol–water partition coefficient (Wildman–Crippen LogP) is -0.587. The molecule has 68 valence electrons. The first-order valence-corrected chi connectivity index (χ1v) is 3.71. The molecule has 5 nitrogen and oxygen atoms in total. The Bertz CT molecular complexity index is 336. The summed E-state index contributed by atoms with van der Waals surface area (Å²) in [6, 6.07) is 1.72. The number of carbonyl (C=O) groups is 1. The van der Waals surface area contributed by atoms with E-state index in [1.165, 1.54) is 4.68 Å². The van der Waals surface area contributed by atoms with Gasteiger partial charge in [-0.1, -0.05) is 5.92 Å². The third-order valence-electron chi connectivity index (χ3n) is 1.33. The number of amides is 1. The van der Waals surface area contributed by atoms with Gasteiger partial charge in [-0.05, 0) is 0 Å². The summed E-state index contributed by atoms with van der Waals surface area (Å²) in [7, 11) is 0. The van der Waals surface area contributed by atoms with Crippen LogP contribution in [0.5, 0.6) is 0 Å². The van der Waals surface area contributed by atoms with Crippen molar-refractivity contribution < 1.29 is 4.79 Å². The summed E-state index contributed by atoms with van der Waals surface area (Å²) in [4.78, 5) is 10.5. The van der Waals surface area contributed by atoms with E-state index in [9.17, 15) is 4.79 Å². The first-order chi connectivity index (χ1) is 6.22. The van der Waals surface area contributed by atoms with Crippen LogP contribution in [0.1, 0.15) is 0 Å². The second kappa shape index (κ2) is 4.16. The Labute approximate surface area is 75.9 Å². The Morgan fingerprint density at radius 3 is 3.23 bits per heavy atom. The van der Waals surface area contributed by atoms with Gasteiger partial charge in [0.15, 0.2) is 0 Å². The summed E-state index contributed by atoms with van der Waals surface area (Å²) >= 11 is 0. The molecule has 0 spiro atoms. The quantitative estimate of drug-likeness (QED) is 0.605. The summed E-state index contributed by atoms with van der Waals surface area (Å²) in [5, 5.41) is 6.86. The van der Waals surface area contributed by atoms with Crippen molar-refractivity contribution in [2.24, 2.45) is 5.73 Å². The summed E-state index contributed by atoms with van der Waals surface area (Å²) in [5.41, 5.74) is 4.98. The van der Waals surface area contributed by atoms with Crippen molar-refractivity contribution in [2.45, 2.75) is 6.54 Å². The van der Waals surface area contributed by atoms with E-state index in [1.54, 1.807) is 12.3 Å². The van der Waals surface area contributed by atoms with Gasteiger partial charge < -0.3 is 11.1 Å². The van der Waals surface area contributed by atoms with E-state index in [-0.39, 0.29) is 6.54 Å². The molecule has 1 aromatic heterocycles. The molecule has 0 radical (unpaired) electrons. The van der Waals surface area contributed by atoms with E-state index in [2.05, 4.69) is 16.3 Å². The Hall–Kier alpha value is -1.96. The van der Waals surface area contributed by atoms with Crippen LogP contribution in [-0.4, -0.2) is 22.2 Å². The lowest BCUT2D eigenvalue weighted by Gasteiger charge is -1.96. The van der Waals surface area contributed by atoms with E-state index in [4.69, 9.17) is 12.2 Å². The van der Waals surface area contributed by atoms with Crippen molar-refractivity contribution in [3.05, 3.63) is 12.3 Å². The number of hydrogen-bond donors (Lipinski definition) is 2. The van der Waals surface area contributed by atoms with Gasteiger partial charge in [-0.2, -0.15) is 5.10 Å². The number of nitrogens with two attached hydrogens (primary N) is 1. The zero-order chi connectivity index (χ0) is 9.68. The number of nitrogens with one attached hydrogen (secondary N) is 1. The lowest BCUT2D eigenvalue weighted by molar-refractivity contribution is -0.118. The smallest absolute Gasteiger partial charge is 0.239 e. The van der Waals surface area contributed by atoms with Gasteiger partial charge in [-0.3, -0.25) is 9.48 Å². The van der Waals surface area contributed by atoms with Crippen LogP contribution in [0.2, 0.25) is 0 Å². The second-order valence-electron chi connectivity index (χ2n) is 2.42. The third-order valence-corrected chi connectivity index (χ3v) is 1.33. The fourth-order valence-electron chi connectivity index (χ4n) is 0.845. The van der Waals surface area contributed by atoms with Crippen molar-refractivity contribution >= 4 is 11.7 Å². The lowest BCUT2D eigenvalue weighted by atomic mass is 10.6. The first-order valence-electron chi connectivity index (χ1n) is 3.71. The van der Waals surface area contributed by atoms with E-state index >= 15 is 0 Å². The molecule has 1 amide bonds. The standard InChI is InChI=1S/C8H10N4O/c1-2-4-10-8-3-5-12(11-8)6-7(9)13/h1,3,5H,4,6H2,(H2,9,13)(H,10,11). The molecule has 0 aliphatic heterocycles. The molecule has 0 fully saturated rings. The van der Waals surface area contributed by atoms with Gasteiger partial charge in [0.2, 0.25) is 5.91 Å². The molecule has 1 aromatic rings. The molecule has 0 saturated carbocycles. The molecule has 0 aliphatic rings. The van der Waals surface area contributed by atoms with Crippen molar-refractivity contribution in [1.82, 2.24) is 9.78 Å². The molecule has 0 aliphatic carbocycles. The number of carbonyl (C=O) groups excluding carboxylic acids is 1. The maximum atomic E-state index is 10.5. The van der Waals surface area contributed by atoms with Crippen LogP contribution in [0.4, 0.5) is 5.82 Å². The average Bonchev–Trinajstić information content (AvgIpc) is 2.48. The topological polar surface area (TPSA) is 72.9 Å². The molecule has 5 heteroatoms. The number of terminal acetylenes is 1. The highest BCUT2D eigenvalue weighted by Gasteiger charge is 1.99. The van der Waals surface area contributed by atoms with Gasteiger partial charge in [-0.15, -0.1) is 6.42 Å². The van der Waals surface area contributed by atoms with Crippen LogP contribution < -0.4 is 11.1 Å². The van der Waals surface area contributed by atoms with E-state index in [0.717, 1.165) is 0 Å². The molecule has 0 atom stereocenters. The maximum Gasteiger partial charge on any atom is 0.239 e. The predicted molar refractivity (Wildman–Crippen MR) is 48.7 cm³/mol. The maximum absolute atomic E-state index is 10.5. The molecule has 1 rings (SSSR count). The second-order valence-corrected chi connectivity index (χ2v) is 2.42. The lowest BCUT2D eigenvalue weighted by Crippen LogP contribution is -2.19. The minimum atomic E-state index is -0.424. The highest BCUT2D eigenvalue weighted by molar-refractivity contribution is 5.73. The van der Waals surface area contributed by atoms with Gasteiger partial charge >= 0.3 is 0 Å². The molecule has 0 bridgehead atoms. The SMILES string of the molecule is C#CCNc1ccn(CC(N)=O)n1. The van der Waals surface area contributed by atoms with E-state index < -0.39 is 5.91 Å². The summed E-state index contributed by atoms with van der Waals surface area (Å²) in [6.07, 6.45) is 6.70. The third kappa shape index (κ3) is 2.87. The van der Waals surface area contributed by atoms with Gasteiger partial charge in [0, 0.05) is 12.3 Å². The fourth-order valence-corrected chi connectivity index (χ4v) is 0.845. The van der Waals surface area contributed by atoms with Crippen molar-refractivity contribution in [2.75, 3.05) is 11.9 Å². The zero-order valence-corrected chi connectivity index (χ0v) is 7.03. The number of anilines is 1. The number of hydrogen-bond acceptors (Lipinski definition) is 3. The van der Waals surface area contributed by atoms with Gasteiger partial charge in [0.25, 0.3) is 0 Å². The highest BCUT2D eigenvalue weighted by Crippen LogP contribution is 2.00. The molecule has 0 aromatic carbocycles. The number of aromatic nitrogens is 2. The van der Waals surface area contributed by atoms with Gasteiger partial charge in [-0.25, -0.2) is 0 Å². The number of nitrogens with zero attached hydrogens (tertiary/aromatic N) is 2. The number of rotatable bonds is 4. The average molecular weight is 178 g/mol. The van der Waals surface area contributed by atoms with Crippen LogP contribution in [0.3, 0.4) is 0 Å². The zero-order valence-electron chi connectivity index (χ0n) is 7.03. The van der Waals surface area contributed by atoms with Crippen molar-refractivity contribution in [3.8, 4) is 12.3 Å². The molecule has 0 saturated heterocycles. The summed E-state index contributed by atoms with van der Waals surface area (Å²) in [5.74, 6) is 2.63. The minimum Gasteiger partial charge on any atom is -0.368 e. The van der Waals surface area contributed by atoms with Crippen LogP contribution in [0.25, 0.3) is 0 Å². The normalized spacial score (nSPS) is 9.15. The van der Waals surface area contributed by atoms with E-state index in [0.29, 0.717) is 12.4 Å². The van der Waals surface area contributed by atoms with E-state index in [1.807, 2.05) is 0 Å².